The SMILES string of the molecule is CN(Cc1ccc([N+](=O)[O-])c(OCc2ccccc2)c1)C[C@@]1(C(=O)N(C)CCN2CCCOCC2)CCC(c2ccc(N(C)C)c3ccccc23)N1C=O. The van der Waals surface area contributed by atoms with Crippen LogP contribution in [0.5, 0.6) is 5.75 Å². The van der Waals surface area contributed by atoms with Gasteiger partial charge >= 0.3 is 5.69 Å². The molecule has 0 radical (unpaired) electrons. The second-order valence-corrected chi connectivity index (χ2v) is 14.8. The number of likely N-dealkylation sites (N-methyl/N-ethyl adjacent to an activating group) is 2. The molecule has 12 nitrogen and oxygen atoms in total. The molecule has 54 heavy (non-hydrogen) atoms. The maximum absolute atomic E-state index is 14.9. The lowest BCUT2D eigenvalue weighted by Crippen LogP contribution is -2.61. The van der Waals surface area contributed by atoms with E-state index in [1.54, 1.807) is 21.9 Å². The smallest absolute Gasteiger partial charge is 0.310 e. The quantitative estimate of drug-likeness (QED) is 0.0858. The first-order valence-electron chi connectivity index (χ1n) is 18.7. The molecule has 2 aliphatic rings. The molecule has 1 unspecified atom stereocenters. The summed E-state index contributed by atoms with van der Waals surface area (Å²) >= 11 is 0. The first-order chi connectivity index (χ1) is 26.1. The van der Waals surface area contributed by atoms with Gasteiger partial charge < -0.3 is 24.2 Å². The van der Waals surface area contributed by atoms with Crippen molar-refractivity contribution in [2.24, 2.45) is 0 Å². The molecule has 286 valence electrons. The Morgan fingerprint density at radius 1 is 0.963 bits per heavy atom. The van der Waals surface area contributed by atoms with Crippen LogP contribution in [0.4, 0.5) is 11.4 Å². The van der Waals surface area contributed by atoms with Crippen molar-refractivity contribution in [3.8, 4) is 5.75 Å². The first-order valence-corrected chi connectivity index (χ1v) is 18.7. The molecule has 0 N–H and O–H groups in total. The first kappa shape index (κ1) is 38.7. The van der Waals surface area contributed by atoms with E-state index in [0.29, 0.717) is 39.1 Å². The Morgan fingerprint density at radius 2 is 1.72 bits per heavy atom. The molecule has 2 fully saturated rings. The summed E-state index contributed by atoms with van der Waals surface area (Å²) in [6.07, 6.45) is 2.92. The number of ether oxygens (including phenoxy) is 2. The fourth-order valence-corrected chi connectivity index (χ4v) is 8.10. The van der Waals surface area contributed by atoms with Crippen LogP contribution in [0.15, 0.2) is 84.9 Å². The highest BCUT2D eigenvalue weighted by atomic mass is 16.6. The third kappa shape index (κ3) is 8.51. The average Bonchev–Trinajstić information content (AvgIpc) is 3.33. The largest absolute Gasteiger partial charge is 0.482 e. The van der Waals surface area contributed by atoms with Crippen LogP contribution in [0.1, 0.15) is 42.0 Å². The number of nitro groups is 1. The monoisotopic (exact) mass is 736 g/mol. The van der Waals surface area contributed by atoms with Crippen LogP contribution in [0.2, 0.25) is 0 Å². The number of benzene rings is 4. The third-order valence-corrected chi connectivity index (χ3v) is 10.8. The number of anilines is 1. The zero-order valence-corrected chi connectivity index (χ0v) is 31.9. The van der Waals surface area contributed by atoms with Crippen LogP contribution < -0.4 is 9.64 Å². The topological polar surface area (TPSA) is 112 Å². The predicted molar refractivity (Wildman–Crippen MR) is 211 cm³/mol. The fourth-order valence-electron chi connectivity index (χ4n) is 8.10. The number of rotatable bonds is 15. The van der Waals surface area contributed by atoms with Gasteiger partial charge in [0.15, 0.2) is 5.75 Å². The highest BCUT2D eigenvalue weighted by Gasteiger charge is 2.53. The van der Waals surface area contributed by atoms with Crippen LogP contribution in [-0.4, -0.2) is 117 Å². The van der Waals surface area contributed by atoms with Crippen LogP contribution in [0, 0.1) is 10.1 Å². The highest BCUT2D eigenvalue weighted by molar-refractivity contribution is 5.97. The Bertz CT molecular complexity index is 1920. The van der Waals surface area contributed by atoms with Gasteiger partial charge in [0, 0.05) is 84.2 Å². The number of hydrogen-bond acceptors (Lipinski definition) is 9. The van der Waals surface area contributed by atoms with Gasteiger partial charge in [-0.15, -0.1) is 0 Å². The van der Waals surface area contributed by atoms with E-state index >= 15 is 0 Å². The summed E-state index contributed by atoms with van der Waals surface area (Å²) in [5.74, 6) is 0.0857. The molecule has 0 aliphatic carbocycles. The van der Waals surface area contributed by atoms with Gasteiger partial charge in [0.05, 0.1) is 17.6 Å². The summed E-state index contributed by atoms with van der Waals surface area (Å²) in [7, 11) is 7.80. The van der Waals surface area contributed by atoms with Crippen molar-refractivity contribution in [3.63, 3.8) is 0 Å². The predicted octanol–water partition coefficient (Wildman–Crippen LogP) is 5.74. The van der Waals surface area contributed by atoms with Crippen molar-refractivity contribution in [2.75, 3.05) is 79.0 Å². The van der Waals surface area contributed by atoms with Crippen LogP contribution in [0.3, 0.4) is 0 Å². The zero-order chi connectivity index (χ0) is 38.2. The van der Waals surface area contributed by atoms with Gasteiger partial charge in [0.25, 0.3) is 0 Å². The van der Waals surface area contributed by atoms with Gasteiger partial charge in [-0.25, -0.2) is 0 Å². The molecule has 6 rings (SSSR count). The second kappa shape index (κ2) is 17.4. The minimum Gasteiger partial charge on any atom is -0.482 e. The Kier molecular flexibility index (Phi) is 12.5. The lowest BCUT2D eigenvalue weighted by molar-refractivity contribution is -0.386. The van der Waals surface area contributed by atoms with Crippen molar-refractivity contribution >= 4 is 34.5 Å². The van der Waals surface area contributed by atoms with E-state index in [-0.39, 0.29) is 36.5 Å². The van der Waals surface area contributed by atoms with Gasteiger partial charge in [-0.05, 0) is 60.5 Å². The van der Waals surface area contributed by atoms with Crippen molar-refractivity contribution in [1.82, 2.24) is 19.6 Å². The van der Waals surface area contributed by atoms with Crippen molar-refractivity contribution < 1.29 is 24.0 Å². The molecular weight excluding hydrogens is 684 g/mol. The Morgan fingerprint density at radius 3 is 2.46 bits per heavy atom. The molecular formula is C42H52N6O6. The van der Waals surface area contributed by atoms with Crippen molar-refractivity contribution in [1.29, 1.82) is 0 Å². The molecule has 0 saturated carbocycles. The van der Waals surface area contributed by atoms with Crippen LogP contribution in [0.25, 0.3) is 10.8 Å². The van der Waals surface area contributed by atoms with Crippen molar-refractivity contribution in [2.45, 2.75) is 44.0 Å². The van der Waals surface area contributed by atoms with E-state index in [1.165, 1.54) is 6.07 Å². The summed E-state index contributed by atoms with van der Waals surface area (Å²) in [6.45, 7) is 5.24. The molecule has 2 aliphatic heterocycles. The number of hydrogen-bond donors (Lipinski definition) is 0. The molecule has 4 aromatic rings. The number of carbonyl (C=O) groups excluding carboxylic acids is 2. The van der Waals surface area contributed by atoms with Gasteiger partial charge in [-0.3, -0.25) is 29.5 Å². The molecule has 2 heterocycles. The summed E-state index contributed by atoms with van der Waals surface area (Å²) in [5.41, 5.74) is 2.54. The van der Waals surface area contributed by atoms with Crippen LogP contribution >= 0.6 is 0 Å². The molecule has 2 atom stereocenters. The lowest BCUT2D eigenvalue weighted by atomic mass is 9.93. The Labute approximate surface area is 318 Å². The minimum absolute atomic E-state index is 0.0974. The highest BCUT2D eigenvalue weighted by Crippen LogP contribution is 2.46. The van der Waals surface area contributed by atoms with Crippen molar-refractivity contribution in [3.05, 3.63) is 112 Å². The molecule has 0 aromatic heterocycles. The maximum atomic E-state index is 14.9. The zero-order valence-electron chi connectivity index (χ0n) is 31.9. The minimum atomic E-state index is -1.15. The third-order valence-electron chi connectivity index (χ3n) is 10.8. The second-order valence-electron chi connectivity index (χ2n) is 14.8. The normalized spacial score (nSPS) is 19.1. The Hall–Kier alpha value is -5.04. The van der Waals surface area contributed by atoms with E-state index in [9.17, 15) is 19.7 Å². The van der Waals surface area contributed by atoms with Crippen LogP contribution in [-0.2, 0) is 27.5 Å². The summed E-state index contributed by atoms with van der Waals surface area (Å²) in [5, 5.41) is 14.1. The van der Waals surface area contributed by atoms with E-state index in [1.807, 2.05) is 75.6 Å². The maximum Gasteiger partial charge on any atom is 0.310 e. The fraction of sp³-hybridized carbons (Fsp3) is 0.429. The lowest BCUT2D eigenvalue weighted by Gasteiger charge is -2.42. The molecule has 0 spiro atoms. The molecule has 2 amide bonds. The van der Waals surface area contributed by atoms with E-state index in [0.717, 1.165) is 65.7 Å². The number of amides is 2. The van der Waals surface area contributed by atoms with E-state index < -0.39 is 10.5 Å². The van der Waals surface area contributed by atoms with E-state index in [2.05, 4.69) is 34.1 Å². The summed E-state index contributed by atoms with van der Waals surface area (Å²) in [4.78, 5) is 49.8. The molecule has 12 heteroatoms. The number of carbonyl (C=O) groups is 2. The molecule has 2 saturated heterocycles. The van der Waals surface area contributed by atoms with E-state index in [4.69, 9.17) is 9.47 Å². The number of fused-ring (bicyclic) bond motifs is 1. The number of likely N-dealkylation sites (tertiary alicyclic amines) is 1. The van der Waals surface area contributed by atoms with Gasteiger partial charge in [-0.2, -0.15) is 0 Å². The Balaban J connectivity index is 1.29. The molecule has 0 bridgehead atoms. The van der Waals surface area contributed by atoms with Gasteiger partial charge in [-0.1, -0.05) is 66.7 Å². The number of nitrogens with zero attached hydrogens (tertiary/aromatic N) is 6. The number of nitro benzene ring substituents is 1. The van der Waals surface area contributed by atoms with Gasteiger partial charge in [0.1, 0.15) is 12.1 Å². The molecule has 4 aromatic carbocycles. The standard InChI is InChI=1S/C42H52N6O6/c1-43(2)37-18-16-36(34-13-8-9-14-35(34)37)38-19-20-42(47(38)31-49,41(50)45(4)22-23-46-21-10-25-53-26-24-46)30-44(3)28-33-15-17-39(48(51)52)40(27-33)54-29-32-11-6-5-7-12-32/h5-9,11-18,27,31,38H,10,19-26,28-30H2,1-4H3/t38?,42-/m1/s1. The summed E-state index contributed by atoms with van der Waals surface area (Å²) in [6, 6.07) is 26.5. The van der Waals surface area contributed by atoms with Gasteiger partial charge in [0.2, 0.25) is 12.3 Å². The average molecular weight is 737 g/mol. The summed E-state index contributed by atoms with van der Waals surface area (Å²) < 4.78 is 11.6.